The van der Waals surface area contributed by atoms with Crippen molar-refractivity contribution in [2.24, 2.45) is 0 Å². The summed E-state index contributed by atoms with van der Waals surface area (Å²) in [6, 6.07) is 6.97. The topological polar surface area (TPSA) is 79.0 Å². The first-order valence-corrected chi connectivity index (χ1v) is 10.9. The van der Waals surface area contributed by atoms with Gasteiger partial charge in [0, 0.05) is 27.2 Å². The minimum absolute atomic E-state index is 0.0235. The smallest absolute Gasteiger partial charge is 0.317 e. The summed E-state index contributed by atoms with van der Waals surface area (Å²) in [6.07, 6.45) is 2.91. The summed E-state index contributed by atoms with van der Waals surface area (Å²) in [5, 5.41) is 2.96. The van der Waals surface area contributed by atoms with Crippen LogP contribution in [0.15, 0.2) is 29.2 Å². The number of rotatable bonds is 4. The number of aryl methyl sites for hydroxylation is 1. The Hall–Kier alpha value is -1.64. The molecule has 27 heavy (non-hydrogen) atoms. The van der Waals surface area contributed by atoms with E-state index in [-0.39, 0.29) is 17.7 Å². The van der Waals surface area contributed by atoms with Crippen LogP contribution in [0.3, 0.4) is 0 Å². The molecule has 2 saturated heterocycles. The summed E-state index contributed by atoms with van der Waals surface area (Å²) >= 11 is 0. The number of amides is 2. The van der Waals surface area contributed by atoms with Gasteiger partial charge in [-0.05, 0) is 43.4 Å². The van der Waals surface area contributed by atoms with Crippen molar-refractivity contribution in [2.75, 3.05) is 33.8 Å². The van der Waals surface area contributed by atoms with Crippen molar-refractivity contribution in [3.63, 3.8) is 0 Å². The van der Waals surface area contributed by atoms with Gasteiger partial charge < -0.3 is 15.0 Å². The van der Waals surface area contributed by atoms with E-state index in [9.17, 15) is 13.2 Å². The Kier molecular flexibility index (Phi) is 5.79. The zero-order chi connectivity index (χ0) is 19.7. The van der Waals surface area contributed by atoms with Gasteiger partial charge in [0.15, 0.2) is 0 Å². The summed E-state index contributed by atoms with van der Waals surface area (Å²) in [5.74, 6) is 0. The number of carbonyl (C=O) groups excluding carboxylic acids is 1. The molecule has 0 unspecified atom stereocenters. The van der Waals surface area contributed by atoms with Gasteiger partial charge in [-0.15, -0.1) is 0 Å². The van der Waals surface area contributed by atoms with E-state index in [4.69, 9.17) is 4.74 Å². The molecule has 2 amide bonds. The van der Waals surface area contributed by atoms with Crippen molar-refractivity contribution in [3.05, 3.63) is 29.8 Å². The lowest BCUT2D eigenvalue weighted by Gasteiger charge is -2.38. The number of hydrogen-bond acceptors (Lipinski definition) is 4. The third-order valence-electron chi connectivity index (χ3n) is 5.55. The minimum Gasteiger partial charge on any atom is -0.373 e. The lowest BCUT2D eigenvalue weighted by molar-refractivity contribution is -0.0311. The second kappa shape index (κ2) is 7.77. The van der Waals surface area contributed by atoms with Crippen molar-refractivity contribution in [2.45, 2.75) is 49.1 Å². The van der Waals surface area contributed by atoms with Gasteiger partial charge in [0.1, 0.15) is 0 Å². The van der Waals surface area contributed by atoms with Crippen molar-refractivity contribution in [3.8, 4) is 0 Å². The minimum atomic E-state index is -3.48. The number of ether oxygens (including phenoxy) is 1. The van der Waals surface area contributed by atoms with Gasteiger partial charge in [0.05, 0.1) is 23.1 Å². The van der Waals surface area contributed by atoms with Gasteiger partial charge in [-0.3, -0.25) is 0 Å². The van der Waals surface area contributed by atoms with Gasteiger partial charge in [0.25, 0.3) is 0 Å². The highest BCUT2D eigenvalue weighted by Crippen LogP contribution is 2.37. The lowest BCUT2D eigenvalue weighted by Crippen LogP contribution is -2.47. The van der Waals surface area contributed by atoms with E-state index in [1.54, 1.807) is 30.5 Å². The SMILES string of the molecule is CCc1ccc(S(=O)(=O)N2CCC3(CC2)C[C@H](NC(=O)N(C)C)CO3)cc1. The van der Waals surface area contributed by atoms with E-state index >= 15 is 0 Å². The third kappa shape index (κ3) is 4.28. The van der Waals surface area contributed by atoms with E-state index in [0.29, 0.717) is 37.4 Å². The van der Waals surface area contributed by atoms with Crippen molar-refractivity contribution in [1.82, 2.24) is 14.5 Å². The molecule has 0 radical (unpaired) electrons. The maximum atomic E-state index is 12.9. The molecule has 0 saturated carbocycles. The molecule has 3 rings (SSSR count). The van der Waals surface area contributed by atoms with Crippen molar-refractivity contribution < 1.29 is 17.9 Å². The summed E-state index contributed by atoms with van der Waals surface area (Å²) < 4.78 is 33.4. The zero-order valence-electron chi connectivity index (χ0n) is 16.3. The molecular weight excluding hydrogens is 366 g/mol. The van der Waals surface area contributed by atoms with Gasteiger partial charge in [-0.25, -0.2) is 13.2 Å². The highest BCUT2D eigenvalue weighted by Gasteiger charge is 2.45. The molecule has 2 heterocycles. The Labute approximate surface area is 161 Å². The molecule has 7 nitrogen and oxygen atoms in total. The number of sulfonamides is 1. The molecule has 1 spiro atoms. The fourth-order valence-electron chi connectivity index (χ4n) is 3.77. The molecular formula is C19H29N3O4S. The van der Waals surface area contributed by atoms with Crippen LogP contribution < -0.4 is 5.32 Å². The molecule has 8 heteroatoms. The summed E-state index contributed by atoms with van der Waals surface area (Å²) in [6.45, 7) is 3.40. The average Bonchev–Trinajstić information content (AvgIpc) is 3.04. The molecule has 150 valence electrons. The molecule has 1 atom stereocenters. The predicted molar refractivity (Wildman–Crippen MR) is 103 cm³/mol. The second-order valence-corrected chi connectivity index (χ2v) is 9.58. The molecule has 0 bridgehead atoms. The number of piperidine rings is 1. The zero-order valence-corrected chi connectivity index (χ0v) is 17.1. The number of urea groups is 1. The average molecular weight is 396 g/mol. The first-order valence-electron chi connectivity index (χ1n) is 9.47. The van der Waals surface area contributed by atoms with E-state index in [1.807, 2.05) is 19.1 Å². The maximum absolute atomic E-state index is 12.9. The molecule has 1 N–H and O–H groups in total. The van der Waals surface area contributed by atoms with Crippen LogP contribution in [0, 0.1) is 0 Å². The predicted octanol–water partition coefficient (Wildman–Crippen LogP) is 1.83. The highest BCUT2D eigenvalue weighted by atomic mass is 32.2. The summed E-state index contributed by atoms with van der Waals surface area (Å²) in [4.78, 5) is 13.7. The molecule has 0 aliphatic carbocycles. The Morgan fingerprint density at radius 1 is 1.26 bits per heavy atom. The van der Waals surface area contributed by atoms with Gasteiger partial charge in [-0.1, -0.05) is 19.1 Å². The van der Waals surface area contributed by atoms with E-state index in [2.05, 4.69) is 5.32 Å². The first-order chi connectivity index (χ1) is 12.8. The molecule has 1 aromatic carbocycles. The van der Waals surface area contributed by atoms with Crippen LogP contribution >= 0.6 is 0 Å². The monoisotopic (exact) mass is 395 g/mol. The molecule has 2 aliphatic rings. The molecule has 2 fully saturated rings. The van der Waals surface area contributed by atoms with Crippen LogP contribution in [-0.2, 0) is 21.2 Å². The fraction of sp³-hybridized carbons (Fsp3) is 0.632. The van der Waals surface area contributed by atoms with Crippen LogP contribution in [0.5, 0.6) is 0 Å². The van der Waals surface area contributed by atoms with Crippen LogP contribution in [0.1, 0.15) is 31.7 Å². The van der Waals surface area contributed by atoms with Crippen LogP contribution in [0.2, 0.25) is 0 Å². The van der Waals surface area contributed by atoms with Crippen molar-refractivity contribution >= 4 is 16.1 Å². The highest BCUT2D eigenvalue weighted by molar-refractivity contribution is 7.89. The van der Waals surface area contributed by atoms with Gasteiger partial charge in [0.2, 0.25) is 10.0 Å². The Bertz CT molecular complexity index is 769. The van der Waals surface area contributed by atoms with E-state index in [0.717, 1.165) is 18.4 Å². The Morgan fingerprint density at radius 2 is 1.89 bits per heavy atom. The Balaban J connectivity index is 1.60. The van der Waals surface area contributed by atoms with Crippen LogP contribution in [0.25, 0.3) is 0 Å². The molecule has 0 aromatic heterocycles. The Morgan fingerprint density at radius 3 is 2.44 bits per heavy atom. The largest absolute Gasteiger partial charge is 0.373 e. The molecule has 2 aliphatic heterocycles. The summed E-state index contributed by atoms with van der Waals surface area (Å²) in [5.41, 5.74) is 0.791. The third-order valence-corrected chi connectivity index (χ3v) is 7.46. The number of nitrogens with zero attached hydrogens (tertiary/aromatic N) is 2. The van der Waals surface area contributed by atoms with Crippen LogP contribution in [0.4, 0.5) is 4.79 Å². The van der Waals surface area contributed by atoms with Crippen LogP contribution in [-0.4, -0.2) is 69.1 Å². The van der Waals surface area contributed by atoms with Crippen molar-refractivity contribution in [1.29, 1.82) is 0 Å². The fourth-order valence-corrected chi connectivity index (χ4v) is 5.21. The number of nitrogens with one attached hydrogen (secondary N) is 1. The summed E-state index contributed by atoms with van der Waals surface area (Å²) in [7, 11) is -0.0643. The quantitative estimate of drug-likeness (QED) is 0.844. The second-order valence-electron chi connectivity index (χ2n) is 7.64. The first kappa shape index (κ1) is 20.1. The van der Waals surface area contributed by atoms with Gasteiger partial charge in [-0.2, -0.15) is 4.31 Å². The normalized spacial score (nSPS) is 22.7. The number of carbonyl (C=O) groups is 1. The van der Waals surface area contributed by atoms with E-state index in [1.165, 1.54) is 4.90 Å². The number of hydrogen-bond donors (Lipinski definition) is 1. The number of benzene rings is 1. The lowest BCUT2D eigenvalue weighted by atomic mass is 9.88. The standard InChI is InChI=1S/C19H29N3O4S/c1-4-15-5-7-17(8-6-15)27(24,25)22-11-9-19(10-12-22)13-16(14-26-19)20-18(23)21(2)3/h5-8,16H,4,9-14H2,1-3H3,(H,20,23)/t16-/m0/s1. The molecule has 1 aromatic rings. The van der Waals surface area contributed by atoms with E-state index < -0.39 is 10.0 Å². The van der Waals surface area contributed by atoms with Gasteiger partial charge >= 0.3 is 6.03 Å². The maximum Gasteiger partial charge on any atom is 0.317 e.